The van der Waals surface area contributed by atoms with Crippen molar-refractivity contribution in [2.24, 2.45) is 0 Å². The fourth-order valence-electron chi connectivity index (χ4n) is 6.96. The van der Waals surface area contributed by atoms with Crippen molar-refractivity contribution in [3.63, 3.8) is 0 Å². The highest BCUT2D eigenvalue weighted by molar-refractivity contribution is 7.25. The van der Waals surface area contributed by atoms with Crippen LogP contribution in [-0.4, -0.2) is 0 Å². The molecule has 0 aliphatic carbocycles. The fourth-order valence-corrected chi connectivity index (χ4v) is 8.10. The number of benzene rings is 8. The van der Waals surface area contributed by atoms with E-state index in [1.54, 1.807) is 0 Å². The minimum absolute atomic E-state index is 1.11. The Bertz CT molecular complexity index is 2560. The molecular formula is C46H31NS. The molecule has 0 N–H and O–H groups in total. The van der Waals surface area contributed by atoms with Gasteiger partial charge in [0.1, 0.15) is 0 Å². The van der Waals surface area contributed by atoms with Gasteiger partial charge in [-0.1, -0.05) is 146 Å². The van der Waals surface area contributed by atoms with Gasteiger partial charge < -0.3 is 4.90 Å². The van der Waals surface area contributed by atoms with Gasteiger partial charge in [0, 0.05) is 37.1 Å². The van der Waals surface area contributed by atoms with Crippen molar-refractivity contribution in [2.45, 2.75) is 0 Å². The van der Waals surface area contributed by atoms with Crippen molar-refractivity contribution in [1.29, 1.82) is 0 Å². The molecule has 1 aromatic heterocycles. The first-order chi connectivity index (χ1) is 23.8. The smallest absolute Gasteiger partial charge is 0.0540 e. The number of nitrogens with zero attached hydrogens (tertiary/aromatic N) is 1. The zero-order valence-corrected chi connectivity index (χ0v) is 27.1. The van der Waals surface area contributed by atoms with Gasteiger partial charge in [-0.05, 0) is 81.1 Å². The lowest BCUT2D eigenvalue weighted by molar-refractivity contribution is 1.28. The molecule has 0 bridgehead atoms. The molecule has 226 valence electrons. The number of para-hydroxylation sites is 1. The zero-order chi connectivity index (χ0) is 31.9. The summed E-state index contributed by atoms with van der Waals surface area (Å²) in [5, 5.41) is 5.14. The average molecular weight is 630 g/mol. The lowest BCUT2D eigenvalue weighted by atomic mass is 9.97. The van der Waals surface area contributed by atoms with E-state index >= 15 is 0 Å². The molecule has 0 radical (unpaired) electrons. The summed E-state index contributed by atoms with van der Waals surface area (Å²) in [6, 6.07) is 68.2. The second-order valence-corrected chi connectivity index (χ2v) is 13.2. The van der Waals surface area contributed by atoms with E-state index in [1.807, 2.05) is 11.3 Å². The molecule has 0 saturated heterocycles. The normalized spacial score (nSPS) is 11.3. The third kappa shape index (κ3) is 5.04. The van der Waals surface area contributed by atoms with Gasteiger partial charge in [-0.25, -0.2) is 0 Å². The number of fused-ring (bicyclic) bond motifs is 4. The van der Waals surface area contributed by atoms with Crippen LogP contribution in [0, 0.1) is 0 Å². The zero-order valence-electron chi connectivity index (χ0n) is 26.3. The molecule has 0 saturated carbocycles. The van der Waals surface area contributed by atoms with Gasteiger partial charge in [0.25, 0.3) is 0 Å². The molecule has 9 aromatic rings. The first kappa shape index (κ1) is 28.3. The SMILES string of the molecule is c1ccc(-c2ccc(N(c3cccc(-c4cccc5ccccc45)c3)c3ccccc3-c3ccc4c(c3)sc3ccccc34)cc2)cc1. The van der Waals surface area contributed by atoms with Crippen LogP contribution >= 0.6 is 11.3 Å². The summed E-state index contributed by atoms with van der Waals surface area (Å²) in [5.41, 5.74) is 10.6. The van der Waals surface area contributed by atoms with Gasteiger partial charge in [0.2, 0.25) is 0 Å². The van der Waals surface area contributed by atoms with E-state index in [2.05, 4.69) is 193 Å². The maximum atomic E-state index is 2.41. The monoisotopic (exact) mass is 629 g/mol. The number of hydrogen-bond acceptors (Lipinski definition) is 2. The van der Waals surface area contributed by atoms with Crippen molar-refractivity contribution < 1.29 is 0 Å². The van der Waals surface area contributed by atoms with E-state index in [0.29, 0.717) is 0 Å². The van der Waals surface area contributed by atoms with Crippen molar-refractivity contribution in [1.82, 2.24) is 0 Å². The maximum Gasteiger partial charge on any atom is 0.0540 e. The summed E-state index contributed by atoms with van der Waals surface area (Å²) in [6.45, 7) is 0. The highest BCUT2D eigenvalue weighted by Gasteiger charge is 2.19. The minimum Gasteiger partial charge on any atom is -0.310 e. The largest absolute Gasteiger partial charge is 0.310 e. The van der Waals surface area contributed by atoms with Crippen molar-refractivity contribution >= 4 is 59.3 Å². The highest BCUT2D eigenvalue weighted by atomic mass is 32.1. The fraction of sp³-hybridized carbons (Fsp3) is 0. The molecule has 1 heterocycles. The summed E-state index contributed by atoms with van der Waals surface area (Å²) in [5.74, 6) is 0. The summed E-state index contributed by atoms with van der Waals surface area (Å²) < 4.78 is 2.63. The quantitative estimate of drug-likeness (QED) is 0.177. The first-order valence-corrected chi connectivity index (χ1v) is 17.2. The van der Waals surface area contributed by atoms with Gasteiger partial charge in [0.15, 0.2) is 0 Å². The summed E-state index contributed by atoms with van der Waals surface area (Å²) in [6.07, 6.45) is 0. The van der Waals surface area contributed by atoms with E-state index in [0.717, 1.165) is 17.1 Å². The molecule has 0 amide bonds. The van der Waals surface area contributed by atoms with Crippen LogP contribution in [0.4, 0.5) is 17.1 Å². The average Bonchev–Trinajstić information content (AvgIpc) is 3.54. The van der Waals surface area contributed by atoms with E-state index in [1.165, 1.54) is 64.3 Å². The molecule has 0 unspecified atom stereocenters. The van der Waals surface area contributed by atoms with Crippen LogP contribution in [0.5, 0.6) is 0 Å². The predicted molar refractivity (Wildman–Crippen MR) is 208 cm³/mol. The van der Waals surface area contributed by atoms with E-state index in [-0.39, 0.29) is 0 Å². The van der Waals surface area contributed by atoms with Gasteiger partial charge in [-0.15, -0.1) is 11.3 Å². The second-order valence-electron chi connectivity index (χ2n) is 12.2. The van der Waals surface area contributed by atoms with Crippen LogP contribution < -0.4 is 4.90 Å². The van der Waals surface area contributed by atoms with E-state index in [9.17, 15) is 0 Å². The molecule has 2 heteroatoms. The molecule has 0 spiro atoms. The number of thiophene rings is 1. The maximum absolute atomic E-state index is 2.41. The molecule has 0 aliphatic rings. The third-order valence-electron chi connectivity index (χ3n) is 9.27. The molecular weight excluding hydrogens is 599 g/mol. The number of rotatable bonds is 6. The Morgan fingerprint density at radius 2 is 0.938 bits per heavy atom. The van der Waals surface area contributed by atoms with Crippen molar-refractivity contribution in [3.05, 3.63) is 188 Å². The Morgan fingerprint density at radius 1 is 0.333 bits per heavy atom. The molecule has 0 aliphatic heterocycles. The third-order valence-corrected chi connectivity index (χ3v) is 10.4. The molecule has 9 rings (SSSR count). The van der Waals surface area contributed by atoms with Crippen LogP contribution in [0.3, 0.4) is 0 Å². The van der Waals surface area contributed by atoms with Crippen LogP contribution in [0.1, 0.15) is 0 Å². The number of hydrogen-bond donors (Lipinski definition) is 0. The second kappa shape index (κ2) is 12.0. The minimum atomic E-state index is 1.11. The van der Waals surface area contributed by atoms with Crippen LogP contribution in [0.15, 0.2) is 188 Å². The van der Waals surface area contributed by atoms with Crippen LogP contribution in [0.25, 0.3) is 64.3 Å². The van der Waals surface area contributed by atoms with E-state index < -0.39 is 0 Å². The Balaban J connectivity index is 1.22. The predicted octanol–water partition coefficient (Wildman–Crippen LogP) is 13.7. The molecule has 48 heavy (non-hydrogen) atoms. The van der Waals surface area contributed by atoms with Crippen LogP contribution in [-0.2, 0) is 0 Å². The van der Waals surface area contributed by atoms with E-state index in [4.69, 9.17) is 0 Å². The standard InChI is InChI=1S/C46H31NS/c1-2-12-32(13-3-1)33-24-27-37(28-25-33)47(38-17-10-16-35(30-38)40-21-11-15-34-14-4-5-18-39(34)40)44-22-8-6-19-41(44)36-26-29-43-42-20-7-9-23-45(42)48-46(43)31-36/h1-31H. The number of anilines is 3. The van der Waals surface area contributed by atoms with Gasteiger partial charge >= 0.3 is 0 Å². The first-order valence-electron chi connectivity index (χ1n) is 16.3. The lowest BCUT2D eigenvalue weighted by Crippen LogP contribution is -2.11. The molecule has 8 aromatic carbocycles. The van der Waals surface area contributed by atoms with Gasteiger partial charge in [-0.3, -0.25) is 0 Å². The Morgan fingerprint density at radius 3 is 1.83 bits per heavy atom. The summed E-state index contributed by atoms with van der Waals surface area (Å²) in [7, 11) is 0. The van der Waals surface area contributed by atoms with Crippen molar-refractivity contribution in [2.75, 3.05) is 4.90 Å². The van der Waals surface area contributed by atoms with Crippen molar-refractivity contribution in [3.8, 4) is 33.4 Å². The van der Waals surface area contributed by atoms with Crippen LogP contribution in [0.2, 0.25) is 0 Å². The van der Waals surface area contributed by atoms with Gasteiger partial charge in [0.05, 0.1) is 5.69 Å². The molecule has 0 fully saturated rings. The topological polar surface area (TPSA) is 3.24 Å². The Hall–Kier alpha value is -5.96. The highest BCUT2D eigenvalue weighted by Crippen LogP contribution is 2.44. The molecule has 1 nitrogen and oxygen atoms in total. The Kier molecular flexibility index (Phi) is 7.07. The lowest BCUT2D eigenvalue weighted by Gasteiger charge is -2.28. The molecule has 0 atom stereocenters. The Labute approximate surface area is 284 Å². The van der Waals surface area contributed by atoms with Gasteiger partial charge in [-0.2, -0.15) is 0 Å². The summed E-state index contributed by atoms with van der Waals surface area (Å²) >= 11 is 1.86. The summed E-state index contributed by atoms with van der Waals surface area (Å²) in [4.78, 5) is 2.41.